The fraction of sp³-hybridized carbons (Fsp3) is 0.593. The number of fused-ring (bicyclic) bond motifs is 1. The van der Waals surface area contributed by atoms with Gasteiger partial charge in [-0.15, -0.1) is 0 Å². The molecule has 1 aromatic carbocycles. The Bertz CT molecular complexity index is 1150. The molecule has 1 amide bonds. The van der Waals surface area contributed by atoms with Gasteiger partial charge in [-0.25, -0.2) is 0 Å². The second-order valence-electron chi connectivity index (χ2n) is 10.2. The van der Waals surface area contributed by atoms with E-state index in [0.717, 1.165) is 56.2 Å². The van der Waals surface area contributed by atoms with Crippen molar-refractivity contribution in [1.29, 1.82) is 0 Å². The van der Waals surface area contributed by atoms with Crippen LogP contribution in [-0.2, 0) is 24.6 Å². The molecule has 0 atom stereocenters. The number of nitrogens with zero attached hydrogens (tertiary/aromatic N) is 3. The summed E-state index contributed by atoms with van der Waals surface area (Å²) in [4.78, 5) is 32.8. The second-order valence-corrected chi connectivity index (χ2v) is 10.2. The van der Waals surface area contributed by atoms with Crippen molar-refractivity contribution in [3.05, 3.63) is 57.3 Å². The summed E-state index contributed by atoms with van der Waals surface area (Å²) in [7, 11) is 0. The third-order valence-corrected chi connectivity index (χ3v) is 7.50. The molecular formula is C27H34F3N3O3. The van der Waals surface area contributed by atoms with E-state index in [1.165, 1.54) is 0 Å². The fourth-order valence-corrected chi connectivity index (χ4v) is 5.49. The third kappa shape index (κ3) is 5.02. The number of halogens is 3. The minimum absolute atomic E-state index is 0.00227. The monoisotopic (exact) mass is 505 g/mol. The second kappa shape index (κ2) is 10.3. The summed E-state index contributed by atoms with van der Waals surface area (Å²) in [6.07, 6.45) is 1.06. The Morgan fingerprint density at radius 1 is 1.08 bits per heavy atom. The van der Waals surface area contributed by atoms with Crippen molar-refractivity contribution in [2.45, 2.75) is 89.9 Å². The van der Waals surface area contributed by atoms with E-state index < -0.39 is 22.7 Å². The third-order valence-electron chi connectivity index (χ3n) is 7.50. The van der Waals surface area contributed by atoms with Crippen LogP contribution in [0, 0.1) is 0 Å². The van der Waals surface area contributed by atoms with Crippen LogP contribution in [0.1, 0.15) is 86.7 Å². The highest BCUT2D eigenvalue weighted by molar-refractivity contribution is 5.96. The average molecular weight is 506 g/mol. The maximum absolute atomic E-state index is 13.5. The molecule has 1 aromatic heterocycles. The van der Waals surface area contributed by atoms with Crippen molar-refractivity contribution in [3.63, 3.8) is 0 Å². The molecule has 0 spiro atoms. The summed E-state index contributed by atoms with van der Waals surface area (Å²) in [6.45, 7) is 7.18. The molecule has 4 rings (SSSR count). The molecule has 1 aliphatic carbocycles. The summed E-state index contributed by atoms with van der Waals surface area (Å²) in [6, 6.07) is 5.32. The minimum atomic E-state index is -4.40. The van der Waals surface area contributed by atoms with E-state index in [1.54, 1.807) is 17.0 Å². The number of hydrogen-bond acceptors (Lipinski definition) is 4. The zero-order valence-electron chi connectivity index (χ0n) is 21.2. The summed E-state index contributed by atoms with van der Waals surface area (Å²) in [5.74, 6) is 0.243. The van der Waals surface area contributed by atoms with Gasteiger partial charge in [0.1, 0.15) is 5.82 Å². The quantitative estimate of drug-likeness (QED) is 0.453. The number of amides is 1. The number of hydrogen-bond donors (Lipinski definition) is 0. The van der Waals surface area contributed by atoms with Crippen LogP contribution in [-0.4, -0.2) is 39.6 Å². The van der Waals surface area contributed by atoms with Crippen LogP contribution in [0.5, 0.6) is 5.75 Å². The maximum Gasteiger partial charge on any atom is 0.416 e. The first-order valence-corrected chi connectivity index (χ1v) is 12.8. The van der Waals surface area contributed by atoms with Gasteiger partial charge in [0, 0.05) is 31.0 Å². The molecule has 196 valence electrons. The van der Waals surface area contributed by atoms with Crippen molar-refractivity contribution in [2.75, 3.05) is 13.2 Å². The van der Waals surface area contributed by atoms with E-state index in [4.69, 9.17) is 4.74 Å². The van der Waals surface area contributed by atoms with Crippen molar-refractivity contribution in [2.24, 2.45) is 0 Å². The Balaban J connectivity index is 1.77. The van der Waals surface area contributed by atoms with E-state index >= 15 is 0 Å². The van der Waals surface area contributed by atoms with Crippen molar-refractivity contribution < 1.29 is 22.7 Å². The predicted molar refractivity (Wildman–Crippen MR) is 130 cm³/mol. The summed E-state index contributed by atoms with van der Waals surface area (Å²) >= 11 is 0. The lowest BCUT2D eigenvalue weighted by molar-refractivity contribution is -0.137. The maximum atomic E-state index is 13.5. The molecule has 0 saturated heterocycles. The minimum Gasteiger partial charge on any atom is -0.486 e. The Kier molecular flexibility index (Phi) is 7.48. The summed E-state index contributed by atoms with van der Waals surface area (Å²) in [5, 5.41) is 0. The van der Waals surface area contributed by atoms with Crippen LogP contribution in [0.4, 0.5) is 13.2 Å². The van der Waals surface area contributed by atoms with Crippen LogP contribution in [0.3, 0.4) is 0 Å². The Morgan fingerprint density at radius 3 is 2.33 bits per heavy atom. The molecule has 6 nitrogen and oxygen atoms in total. The zero-order chi connectivity index (χ0) is 26.1. The van der Waals surface area contributed by atoms with Gasteiger partial charge in [0.15, 0.2) is 5.69 Å². The van der Waals surface area contributed by atoms with E-state index in [-0.39, 0.29) is 23.4 Å². The van der Waals surface area contributed by atoms with Gasteiger partial charge < -0.3 is 14.2 Å². The van der Waals surface area contributed by atoms with Gasteiger partial charge in [0.05, 0.1) is 12.2 Å². The standard InChI is InChI=1S/C27H34F3N3O3/c1-4-5-16-36-23-22-25(35)32(18(2)3)14-15-33(22)21(31-24(23)34)17-26(12-6-7-13-26)19-8-10-20(11-9-19)27(28,29)30/h8-11,18H,4-7,12-17H2,1-3H3. The van der Waals surface area contributed by atoms with Crippen LogP contribution in [0.2, 0.25) is 0 Å². The SMILES string of the molecule is CCCCOc1c2n(c(CC3(c4ccc(C(F)(F)F)cc4)CCCC3)nc1=O)CCN(C(C)C)C2=O. The number of benzene rings is 1. The molecule has 36 heavy (non-hydrogen) atoms. The molecule has 0 radical (unpaired) electrons. The molecule has 0 N–H and O–H groups in total. The van der Waals surface area contributed by atoms with Crippen LogP contribution >= 0.6 is 0 Å². The first-order valence-electron chi connectivity index (χ1n) is 12.8. The van der Waals surface area contributed by atoms with E-state index in [2.05, 4.69) is 4.98 Å². The molecule has 2 heterocycles. The first kappa shape index (κ1) is 26.2. The molecule has 1 saturated carbocycles. The number of carbonyl (C=O) groups excluding carboxylic acids is 1. The zero-order valence-corrected chi connectivity index (χ0v) is 21.2. The topological polar surface area (TPSA) is 64.4 Å². The van der Waals surface area contributed by atoms with Gasteiger partial charge in [-0.3, -0.25) is 9.59 Å². The van der Waals surface area contributed by atoms with Crippen molar-refractivity contribution in [1.82, 2.24) is 14.5 Å². The molecule has 9 heteroatoms. The lowest BCUT2D eigenvalue weighted by Crippen LogP contribution is -2.47. The lowest BCUT2D eigenvalue weighted by atomic mass is 9.75. The molecule has 2 aliphatic rings. The fourth-order valence-electron chi connectivity index (χ4n) is 5.49. The van der Waals surface area contributed by atoms with Gasteiger partial charge in [0.2, 0.25) is 5.75 Å². The van der Waals surface area contributed by atoms with Gasteiger partial charge in [0.25, 0.3) is 5.91 Å². The predicted octanol–water partition coefficient (Wildman–Crippen LogP) is 5.36. The summed E-state index contributed by atoms with van der Waals surface area (Å²) in [5.41, 5.74) is -0.633. The number of ether oxygens (including phenoxy) is 1. The van der Waals surface area contributed by atoms with Gasteiger partial charge >= 0.3 is 11.7 Å². The highest BCUT2D eigenvalue weighted by atomic mass is 19.4. The van der Waals surface area contributed by atoms with Crippen molar-refractivity contribution in [3.8, 4) is 5.75 Å². The summed E-state index contributed by atoms with van der Waals surface area (Å²) < 4.78 is 47.1. The smallest absolute Gasteiger partial charge is 0.416 e. The largest absolute Gasteiger partial charge is 0.486 e. The van der Waals surface area contributed by atoms with Gasteiger partial charge in [-0.05, 0) is 50.8 Å². The number of alkyl halides is 3. The highest BCUT2D eigenvalue weighted by Gasteiger charge is 2.40. The lowest BCUT2D eigenvalue weighted by Gasteiger charge is -2.36. The first-order chi connectivity index (χ1) is 17.1. The van der Waals surface area contributed by atoms with E-state index in [0.29, 0.717) is 31.9 Å². The van der Waals surface area contributed by atoms with Gasteiger partial charge in [-0.2, -0.15) is 18.2 Å². The number of unbranched alkanes of at least 4 members (excludes halogenated alkanes) is 1. The number of carbonyl (C=O) groups is 1. The van der Waals surface area contributed by atoms with Crippen LogP contribution in [0.25, 0.3) is 0 Å². The molecule has 1 aliphatic heterocycles. The highest BCUT2D eigenvalue weighted by Crippen LogP contribution is 2.44. The molecular weight excluding hydrogens is 471 g/mol. The van der Waals surface area contributed by atoms with E-state index in [9.17, 15) is 22.8 Å². The normalized spacial score (nSPS) is 17.5. The van der Waals surface area contributed by atoms with Gasteiger partial charge in [-0.1, -0.05) is 38.3 Å². The Labute approximate surface area is 209 Å². The Hall–Kier alpha value is -2.84. The van der Waals surface area contributed by atoms with E-state index in [1.807, 2.05) is 25.3 Å². The molecule has 1 fully saturated rings. The van der Waals surface area contributed by atoms with Crippen LogP contribution < -0.4 is 10.3 Å². The molecule has 0 bridgehead atoms. The number of rotatable bonds is 8. The average Bonchev–Trinajstić information content (AvgIpc) is 3.30. The van der Waals surface area contributed by atoms with Crippen molar-refractivity contribution >= 4 is 5.91 Å². The van der Waals surface area contributed by atoms with Crippen LogP contribution in [0.15, 0.2) is 29.1 Å². The molecule has 2 aromatic rings. The molecule has 0 unspecified atom stereocenters. The number of aromatic nitrogens is 2. The Morgan fingerprint density at radius 2 is 1.75 bits per heavy atom.